The molecule has 1 atom stereocenters. The molecule has 1 aliphatic heterocycles. The molecule has 3 rings (SSSR count). The van der Waals surface area contributed by atoms with Gasteiger partial charge in [-0.3, -0.25) is 4.72 Å². The first kappa shape index (κ1) is 24.5. The highest BCUT2D eigenvalue weighted by atomic mass is 35.5. The number of nitrogens with zero attached hydrogens (tertiary/aromatic N) is 3. The van der Waals surface area contributed by atoms with Gasteiger partial charge in [0.05, 0.1) is 11.1 Å². The van der Waals surface area contributed by atoms with Gasteiger partial charge in [-0.05, 0) is 32.6 Å². The Labute approximate surface area is 187 Å². The van der Waals surface area contributed by atoms with Crippen LogP contribution in [0.2, 0.25) is 5.02 Å². The number of benzene rings is 1. The first-order valence-electron chi connectivity index (χ1n) is 9.37. The average molecular weight is 499 g/mol. The van der Waals surface area contributed by atoms with Crippen molar-refractivity contribution in [3.05, 3.63) is 46.9 Å². The minimum absolute atomic E-state index is 0.0424. The molecule has 1 aliphatic rings. The van der Waals surface area contributed by atoms with Crippen molar-refractivity contribution in [2.75, 3.05) is 43.4 Å². The zero-order valence-electron chi connectivity index (χ0n) is 17.0. The number of anilines is 2. The van der Waals surface area contributed by atoms with Crippen molar-refractivity contribution in [3.8, 4) is 0 Å². The molecule has 1 saturated heterocycles. The molecule has 0 radical (unpaired) electrons. The van der Waals surface area contributed by atoms with E-state index in [1.165, 1.54) is 4.90 Å². The van der Waals surface area contributed by atoms with Gasteiger partial charge >= 0.3 is 0 Å². The van der Waals surface area contributed by atoms with Crippen LogP contribution in [-0.4, -0.2) is 58.5 Å². The Kier molecular flexibility index (Phi) is 6.87. The van der Waals surface area contributed by atoms with Gasteiger partial charge < -0.3 is 9.80 Å². The topological polar surface area (TPSA) is 65.5 Å². The van der Waals surface area contributed by atoms with Gasteiger partial charge in [-0.15, -0.1) is 0 Å². The molecule has 1 aromatic heterocycles. The maximum Gasteiger partial charge on any atom is 0.268 e. The minimum Gasteiger partial charge on any atom is -0.369 e. The highest BCUT2D eigenvalue weighted by molar-refractivity contribution is 7.92. The maximum absolute atomic E-state index is 14.9. The Balaban J connectivity index is 1.96. The summed E-state index contributed by atoms with van der Waals surface area (Å²) in [7, 11) is -1.59. The van der Waals surface area contributed by atoms with Gasteiger partial charge in [0.2, 0.25) is 12.4 Å². The summed E-state index contributed by atoms with van der Waals surface area (Å²) >= 11 is 6.01. The average Bonchev–Trinajstić information content (AvgIpc) is 3.08. The summed E-state index contributed by atoms with van der Waals surface area (Å²) in [5, 5.41) is -0.728. The second-order valence-electron chi connectivity index (χ2n) is 7.86. The molecular weight excluding hydrogens is 479 g/mol. The summed E-state index contributed by atoms with van der Waals surface area (Å²) in [4.78, 5) is 4.80. The molecule has 1 N–H and O–H groups in total. The predicted octanol–water partition coefficient (Wildman–Crippen LogP) is 3.98. The summed E-state index contributed by atoms with van der Waals surface area (Å²) in [6.07, 6.45) is -2.64. The van der Waals surface area contributed by atoms with E-state index >= 15 is 0 Å². The predicted molar refractivity (Wildman–Crippen MR) is 110 cm³/mol. The molecule has 0 aliphatic carbocycles. The number of hydrogen-bond acceptors (Lipinski definition) is 5. The largest absolute Gasteiger partial charge is 0.369 e. The number of pyridine rings is 1. The molecule has 0 spiro atoms. The normalized spacial score (nSPS) is 19.2. The molecule has 2 heterocycles. The van der Waals surface area contributed by atoms with E-state index in [0.29, 0.717) is 6.07 Å². The van der Waals surface area contributed by atoms with Crippen LogP contribution >= 0.6 is 11.6 Å². The fourth-order valence-corrected chi connectivity index (χ4v) is 5.27. The van der Waals surface area contributed by atoms with Crippen LogP contribution < -0.4 is 9.62 Å². The third-order valence-corrected chi connectivity index (χ3v) is 6.89. The van der Waals surface area contributed by atoms with Crippen molar-refractivity contribution in [2.24, 2.45) is 5.41 Å². The van der Waals surface area contributed by atoms with Crippen LogP contribution in [0.1, 0.15) is 6.42 Å². The molecule has 13 heteroatoms. The van der Waals surface area contributed by atoms with Crippen LogP contribution in [0.15, 0.2) is 29.2 Å². The second kappa shape index (κ2) is 8.99. The van der Waals surface area contributed by atoms with E-state index in [2.05, 4.69) is 4.98 Å². The fourth-order valence-electron chi connectivity index (χ4n) is 3.80. The molecular formula is C19H20ClF5N4O2S. The smallest absolute Gasteiger partial charge is 0.268 e. The van der Waals surface area contributed by atoms with Crippen LogP contribution in [0.3, 0.4) is 0 Å². The van der Waals surface area contributed by atoms with Crippen LogP contribution in [0.25, 0.3) is 0 Å². The summed E-state index contributed by atoms with van der Waals surface area (Å²) in [5.74, 6) is -4.57. The van der Waals surface area contributed by atoms with Crippen molar-refractivity contribution in [3.63, 3.8) is 0 Å². The van der Waals surface area contributed by atoms with Crippen molar-refractivity contribution in [2.45, 2.75) is 17.7 Å². The molecule has 32 heavy (non-hydrogen) atoms. The summed E-state index contributed by atoms with van der Waals surface area (Å²) in [6, 6.07) is 3.89. The van der Waals surface area contributed by atoms with Crippen LogP contribution in [0.4, 0.5) is 33.5 Å². The molecule has 0 unspecified atom stereocenters. The first-order chi connectivity index (χ1) is 14.9. The van der Waals surface area contributed by atoms with Crippen LogP contribution in [0, 0.1) is 23.0 Å². The SMILES string of the molecule is CN(C)C[C@]1(C(F)F)CCN(c2cc(F)c(S(=O)(=O)Nc3cccc(F)n3)c(F)c2Cl)C1. The molecule has 0 bridgehead atoms. The molecule has 1 fully saturated rings. The standard InChI is InChI=1S/C19H20ClF5N4O2S/c1-28(2)9-19(18(24)25)6-7-29(10-19)12-8-11(21)17(16(23)15(12)20)32(30,31)27-14-5-3-4-13(22)26-14/h3-5,8,18H,6-7,9-10H2,1-2H3,(H,26,27)/t19-/m1/s1. The molecule has 0 saturated carbocycles. The lowest BCUT2D eigenvalue weighted by atomic mass is 9.87. The van der Waals surface area contributed by atoms with Crippen molar-refractivity contribution >= 4 is 33.1 Å². The molecule has 6 nitrogen and oxygen atoms in total. The van der Waals surface area contributed by atoms with Gasteiger partial charge in [0.25, 0.3) is 10.0 Å². The number of halogens is 6. The lowest BCUT2D eigenvalue weighted by molar-refractivity contribution is -0.00654. The highest BCUT2D eigenvalue weighted by Gasteiger charge is 2.47. The Bertz CT molecular complexity index is 1120. The number of hydrogen-bond donors (Lipinski definition) is 1. The highest BCUT2D eigenvalue weighted by Crippen LogP contribution is 2.43. The number of sulfonamides is 1. The number of rotatable bonds is 7. The number of alkyl halides is 2. The van der Waals surface area contributed by atoms with E-state index in [1.54, 1.807) is 23.7 Å². The van der Waals surface area contributed by atoms with Crippen LogP contribution in [0.5, 0.6) is 0 Å². The van der Waals surface area contributed by atoms with Crippen LogP contribution in [-0.2, 0) is 10.0 Å². The third-order valence-electron chi connectivity index (χ3n) is 5.14. The fraction of sp³-hybridized carbons (Fsp3) is 0.421. The quantitative estimate of drug-likeness (QED) is 0.355. The molecule has 2 aromatic rings. The van der Waals surface area contributed by atoms with E-state index in [-0.39, 0.29) is 31.7 Å². The van der Waals surface area contributed by atoms with Gasteiger partial charge in [0.1, 0.15) is 16.7 Å². The summed E-state index contributed by atoms with van der Waals surface area (Å²) < 4.78 is 97.4. The van der Waals surface area contributed by atoms with Crippen molar-refractivity contribution in [1.29, 1.82) is 0 Å². The lowest BCUT2D eigenvalue weighted by Gasteiger charge is -2.32. The van der Waals surface area contributed by atoms with Gasteiger partial charge in [0.15, 0.2) is 10.7 Å². The first-order valence-corrected chi connectivity index (χ1v) is 11.2. The van der Waals surface area contributed by atoms with Gasteiger partial charge in [-0.1, -0.05) is 17.7 Å². The van der Waals surface area contributed by atoms with Gasteiger partial charge in [-0.25, -0.2) is 31.0 Å². The summed E-state index contributed by atoms with van der Waals surface area (Å²) in [6.45, 7) is -0.131. The Morgan fingerprint density at radius 3 is 2.56 bits per heavy atom. The van der Waals surface area contributed by atoms with Gasteiger partial charge in [-0.2, -0.15) is 4.39 Å². The monoisotopic (exact) mass is 498 g/mol. The molecule has 0 amide bonds. The van der Waals surface area contributed by atoms with E-state index in [0.717, 1.165) is 18.2 Å². The van der Waals surface area contributed by atoms with E-state index in [1.807, 2.05) is 0 Å². The number of aromatic nitrogens is 1. The zero-order chi connectivity index (χ0) is 23.8. The third kappa shape index (κ3) is 4.76. The Hall–Kier alpha value is -2.18. The van der Waals surface area contributed by atoms with Gasteiger partial charge in [0, 0.05) is 25.7 Å². The van der Waals surface area contributed by atoms with E-state index < -0.39 is 55.2 Å². The van der Waals surface area contributed by atoms with Crippen molar-refractivity contribution < 1.29 is 30.4 Å². The maximum atomic E-state index is 14.9. The molecule has 1 aromatic carbocycles. The minimum atomic E-state index is -4.87. The molecule has 176 valence electrons. The Morgan fingerprint density at radius 2 is 1.97 bits per heavy atom. The number of nitrogens with one attached hydrogen (secondary N) is 1. The lowest BCUT2D eigenvalue weighted by Crippen LogP contribution is -2.42. The summed E-state index contributed by atoms with van der Waals surface area (Å²) in [5.41, 5.74) is -1.67. The van der Waals surface area contributed by atoms with Crippen molar-refractivity contribution in [1.82, 2.24) is 9.88 Å². The van der Waals surface area contributed by atoms with E-state index in [9.17, 15) is 30.4 Å². The zero-order valence-corrected chi connectivity index (χ0v) is 18.6. The van der Waals surface area contributed by atoms with E-state index in [4.69, 9.17) is 11.6 Å². The Morgan fingerprint density at radius 1 is 1.28 bits per heavy atom. The second-order valence-corrected chi connectivity index (χ2v) is 9.86.